The van der Waals surface area contributed by atoms with Crippen molar-refractivity contribution in [2.24, 2.45) is 0 Å². The van der Waals surface area contributed by atoms with Crippen molar-refractivity contribution in [2.75, 3.05) is 43.4 Å². The van der Waals surface area contributed by atoms with Crippen LogP contribution in [0.25, 0.3) is 0 Å². The molecular weight excluding hydrogens is 518 g/mol. The zero-order chi connectivity index (χ0) is 27.1. The molecule has 0 spiro atoms. The second-order valence-electron chi connectivity index (χ2n) is 8.63. The van der Waals surface area contributed by atoms with Crippen molar-refractivity contribution in [3.8, 4) is 11.5 Å². The normalized spacial score (nSPS) is 15.2. The van der Waals surface area contributed by atoms with Gasteiger partial charge in [-0.25, -0.2) is 16.8 Å². The molecule has 2 aromatic rings. The Kier molecular flexibility index (Phi) is 9.80. The van der Waals surface area contributed by atoms with Crippen molar-refractivity contribution in [1.29, 1.82) is 0 Å². The quantitative estimate of drug-likeness (QED) is 0.378. The number of carbonyl (C=O) groups is 1. The second kappa shape index (κ2) is 12.6. The van der Waals surface area contributed by atoms with E-state index in [1.165, 1.54) is 16.4 Å². The minimum Gasteiger partial charge on any atom is -0.494 e. The predicted octanol–water partition coefficient (Wildman–Crippen LogP) is 2.61. The molecule has 0 aliphatic carbocycles. The number of rotatable bonds is 13. The highest BCUT2D eigenvalue weighted by Crippen LogP contribution is 2.26. The van der Waals surface area contributed by atoms with Crippen LogP contribution >= 0.6 is 0 Å². The lowest BCUT2D eigenvalue weighted by atomic mass is 10.2. The third-order valence-electron chi connectivity index (χ3n) is 5.93. The van der Waals surface area contributed by atoms with Gasteiger partial charge in [-0.3, -0.25) is 9.10 Å². The molecule has 1 fully saturated rings. The molecule has 0 radical (unpaired) electrons. The van der Waals surface area contributed by atoms with E-state index in [2.05, 4.69) is 5.32 Å². The third-order valence-corrected chi connectivity index (χ3v) is 9.02. The van der Waals surface area contributed by atoms with Crippen LogP contribution in [0.15, 0.2) is 53.4 Å². The van der Waals surface area contributed by atoms with Gasteiger partial charge in [0.1, 0.15) is 24.1 Å². The first-order valence-electron chi connectivity index (χ1n) is 12.3. The number of ether oxygens (including phenoxy) is 2. The van der Waals surface area contributed by atoms with Gasteiger partial charge in [0.25, 0.3) is 0 Å². The lowest BCUT2D eigenvalue weighted by Gasteiger charge is -2.30. The average molecular weight is 554 g/mol. The van der Waals surface area contributed by atoms with Gasteiger partial charge in [-0.1, -0.05) is 6.92 Å². The SMILES string of the molecule is CCOc1ccc(N([C@@H](CC)C(=O)NCCOc2ccc(S(=O)(=O)N3CCCC3)cc2)S(C)(=O)=O)cc1. The monoisotopic (exact) mass is 553 g/mol. The zero-order valence-corrected chi connectivity index (χ0v) is 23.1. The van der Waals surface area contributed by atoms with Gasteiger partial charge in [0, 0.05) is 13.1 Å². The molecule has 1 saturated heterocycles. The molecule has 1 aliphatic rings. The summed E-state index contributed by atoms with van der Waals surface area (Å²) in [6, 6.07) is 11.8. The fraction of sp³-hybridized carbons (Fsp3) is 0.480. The molecular formula is C25H35N3O7S2. The van der Waals surface area contributed by atoms with Gasteiger partial charge >= 0.3 is 0 Å². The van der Waals surface area contributed by atoms with Crippen molar-refractivity contribution >= 4 is 31.6 Å². The Hall–Kier alpha value is -2.83. The topological polar surface area (TPSA) is 122 Å². The van der Waals surface area contributed by atoms with E-state index in [-0.39, 0.29) is 24.5 Å². The Morgan fingerprint density at radius 1 is 0.946 bits per heavy atom. The number of nitrogens with zero attached hydrogens (tertiary/aromatic N) is 2. The maximum Gasteiger partial charge on any atom is 0.244 e. The maximum absolute atomic E-state index is 12.9. The highest BCUT2D eigenvalue weighted by molar-refractivity contribution is 7.92. The van der Waals surface area contributed by atoms with E-state index in [0.29, 0.717) is 36.9 Å². The minimum atomic E-state index is -3.75. The second-order valence-corrected chi connectivity index (χ2v) is 12.4. The lowest BCUT2D eigenvalue weighted by molar-refractivity contribution is -0.122. The minimum absolute atomic E-state index is 0.127. The van der Waals surface area contributed by atoms with E-state index in [1.54, 1.807) is 43.3 Å². The van der Waals surface area contributed by atoms with Crippen LogP contribution in [0.1, 0.15) is 33.1 Å². The standard InChI is InChI=1S/C25H35N3O7S2/c1-4-24(28(36(3,30)31)20-8-10-21(11-9-20)34-5-2)25(29)26-16-19-35-22-12-14-23(15-13-22)37(32,33)27-17-6-7-18-27/h8-15,24H,4-7,16-19H2,1-3H3,(H,26,29)/t24-/m0/s1. The maximum atomic E-state index is 12.9. The molecule has 0 bridgehead atoms. The zero-order valence-electron chi connectivity index (χ0n) is 21.4. The molecule has 0 unspecified atom stereocenters. The lowest BCUT2D eigenvalue weighted by Crippen LogP contribution is -2.50. The predicted molar refractivity (Wildman–Crippen MR) is 142 cm³/mol. The number of benzene rings is 2. The van der Waals surface area contributed by atoms with Crippen molar-refractivity contribution < 1.29 is 31.1 Å². The molecule has 1 amide bonds. The smallest absolute Gasteiger partial charge is 0.244 e. The Bertz CT molecular complexity index is 1240. The number of hydrogen-bond donors (Lipinski definition) is 1. The van der Waals surface area contributed by atoms with Crippen LogP contribution in [0.4, 0.5) is 5.69 Å². The molecule has 10 nitrogen and oxygen atoms in total. The van der Waals surface area contributed by atoms with Crippen molar-refractivity contribution in [2.45, 2.75) is 44.0 Å². The fourth-order valence-electron chi connectivity index (χ4n) is 4.16. The van der Waals surface area contributed by atoms with E-state index in [1.807, 2.05) is 6.92 Å². The van der Waals surface area contributed by atoms with Gasteiger partial charge in [0.2, 0.25) is 26.0 Å². The Balaban J connectivity index is 1.58. The fourth-order valence-corrected chi connectivity index (χ4v) is 6.89. The molecule has 2 aromatic carbocycles. The molecule has 1 atom stereocenters. The molecule has 1 N–H and O–H groups in total. The molecule has 0 aromatic heterocycles. The van der Waals surface area contributed by atoms with Crippen LogP contribution in [-0.4, -0.2) is 72.2 Å². The summed E-state index contributed by atoms with van der Waals surface area (Å²) in [5, 5.41) is 2.73. The number of sulfonamides is 2. The van der Waals surface area contributed by atoms with Crippen molar-refractivity contribution in [1.82, 2.24) is 9.62 Å². The van der Waals surface area contributed by atoms with E-state index in [0.717, 1.165) is 23.4 Å². The van der Waals surface area contributed by atoms with E-state index in [4.69, 9.17) is 9.47 Å². The number of nitrogens with one attached hydrogen (secondary N) is 1. The van der Waals surface area contributed by atoms with Gasteiger partial charge in [0.05, 0.1) is 30.0 Å². The first-order valence-corrected chi connectivity index (χ1v) is 15.6. The van der Waals surface area contributed by atoms with E-state index in [9.17, 15) is 21.6 Å². The summed E-state index contributed by atoms with van der Waals surface area (Å²) in [5.41, 5.74) is 0.369. The highest BCUT2D eigenvalue weighted by Gasteiger charge is 2.31. The highest BCUT2D eigenvalue weighted by atomic mass is 32.2. The summed E-state index contributed by atoms with van der Waals surface area (Å²) in [4.78, 5) is 13.1. The van der Waals surface area contributed by atoms with Crippen LogP contribution in [0, 0.1) is 0 Å². The van der Waals surface area contributed by atoms with Crippen LogP contribution < -0.4 is 19.1 Å². The summed E-state index contributed by atoms with van der Waals surface area (Å²) in [6.45, 7) is 5.42. The van der Waals surface area contributed by atoms with Crippen LogP contribution in [0.3, 0.4) is 0 Å². The summed E-state index contributed by atoms with van der Waals surface area (Å²) in [6.07, 6.45) is 3.07. The van der Waals surface area contributed by atoms with Crippen molar-refractivity contribution in [3.05, 3.63) is 48.5 Å². The van der Waals surface area contributed by atoms with Gasteiger partial charge in [-0.15, -0.1) is 0 Å². The largest absolute Gasteiger partial charge is 0.494 e. The van der Waals surface area contributed by atoms with Crippen LogP contribution in [0.5, 0.6) is 11.5 Å². The Labute approximate surface area is 219 Å². The first kappa shape index (κ1) is 28.7. The number of hydrogen-bond acceptors (Lipinski definition) is 7. The molecule has 37 heavy (non-hydrogen) atoms. The summed E-state index contributed by atoms with van der Waals surface area (Å²) < 4.78 is 64.1. The van der Waals surface area contributed by atoms with Gasteiger partial charge in [0.15, 0.2) is 0 Å². The summed E-state index contributed by atoms with van der Waals surface area (Å²) in [5.74, 6) is 0.627. The van der Waals surface area contributed by atoms with Gasteiger partial charge < -0.3 is 14.8 Å². The number of carbonyl (C=O) groups excluding carboxylic acids is 1. The number of amides is 1. The van der Waals surface area contributed by atoms with Crippen molar-refractivity contribution in [3.63, 3.8) is 0 Å². The molecule has 1 heterocycles. The summed E-state index contributed by atoms with van der Waals surface area (Å²) >= 11 is 0. The average Bonchev–Trinajstić information content (AvgIpc) is 3.41. The van der Waals surface area contributed by atoms with Gasteiger partial charge in [-0.2, -0.15) is 4.31 Å². The molecule has 0 saturated carbocycles. The summed E-state index contributed by atoms with van der Waals surface area (Å²) in [7, 11) is -7.24. The Morgan fingerprint density at radius 3 is 2.05 bits per heavy atom. The Morgan fingerprint density at radius 2 is 1.51 bits per heavy atom. The third kappa shape index (κ3) is 7.36. The van der Waals surface area contributed by atoms with Crippen LogP contribution in [-0.2, 0) is 24.8 Å². The molecule has 12 heteroatoms. The molecule has 1 aliphatic heterocycles. The van der Waals surface area contributed by atoms with E-state index >= 15 is 0 Å². The first-order chi connectivity index (χ1) is 17.6. The molecule has 3 rings (SSSR count). The molecule has 204 valence electrons. The van der Waals surface area contributed by atoms with Gasteiger partial charge in [-0.05, 0) is 74.7 Å². The van der Waals surface area contributed by atoms with Crippen LogP contribution in [0.2, 0.25) is 0 Å². The van der Waals surface area contributed by atoms with E-state index < -0.39 is 32.0 Å². The number of anilines is 1.